The molecule has 0 unspecified atom stereocenters. The second-order valence-electron chi connectivity index (χ2n) is 16.5. The van der Waals surface area contributed by atoms with E-state index in [2.05, 4.69) is 195 Å². The SMILES string of the molecule is Cc1cccc2c(-c3ccc4c5ccc(-c6cccc(-c7nc8ccccc8c8c9ccccc9c9ccccc9c78)c6)cc5c5ccccc5c4c3)cc3cccnc3c12. The van der Waals surface area contributed by atoms with Crippen molar-refractivity contribution in [2.24, 2.45) is 0 Å². The Morgan fingerprint density at radius 2 is 0.869 bits per heavy atom. The lowest BCUT2D eigenvalue weighted by Gasteiger charge is -2.17. The Balaban J connectivity index is 1.01. The van der Waals surface area contributed by atoms with Crippen LogP contribution in [0.15, 0.2) is 200 Å². The van der Waals surface area contributed by atoms with Crippen LogP contribution in [-0.2, 0) is 0 Å². The summed E-state index contributed by atoms with van der Waals surface area (Å²) in [5.41, 5.74) is 10.2. The highest BCUT2D eigenvalue weighted by Crippen LogP contribution is 2.45. The van der Waals surface area contributed by atoms with E-state index in [1.165, 1.54) is 109 Å². The summed E-state index contributed by atoms with van der Waals surface area (Å²) in [7, 11) is 0. The summed E-state index contributed by atoms with van der Waals surface area (Å²) >= 11 is 0. The number of aryl methyl sites for hydroxylation is 1. The van der Waals surface area contributed by atoms with E-state index in [0.29, 0.717) is 0 Å². The van der Waals surface area contributed by atoms with E-state index in [1.807, 2.05) is 12.3 Å². The van der Waals surface area contributed by atoms with Gasteiger partial charge < -0.3 is 0 Å². The molecule has 0 aliphatic carbocycles. The van der Waals surface area contributed by atoms with Crippen LogP contribution in [0.3, 0.4) is 0 Å². The molecule has 0 spiro atoms. The molecular weight excluding hydrogens is 737 g/mol. The molecule has 13 rings (SSSR count). The summed E-state index contributed by atoms with van der Waals surface area (Å²) < 4.78 is 0. The van der Waals surface area contributed by atoms with Gasteiger partial charge in [0.25, 0.3) is 0 Å². The first-order valence-electron chi connectivity index (χ1n) is 21.1. The number of aromatic nitrogens is 2. The molecular formula is C59H36N2. The van der Waals surface area contributed by atoms with Crippen molar-refractivity contribution in [3.05, 3.63) is 206 Å². The fourth-order valence-corrected chi connectivity index (χ4v) is 10.4. The van der Waals surface area contributed by atoms with Gasteiger partial charge in [-0.15, -0.1) is 0 Å². The normalized spacial score (nSPS) is 12.0. The molecule has 0 saturated carbocycles. The summed E-state index contributed by atoms with van der Waals surface area (Å²) in [6, 6.07) is 71.3. The molecule has 2 heteroatoms. The van der Waals surface area contributed by atoms with Gasteiger partial charge in [0, 0.05) is 38.7 Å². The average Bonchev–Trinajstić information content (AvgIpc) is 3.33. The number of hydrogen-bond acceptors (Lipinski definition) is 2. The third kappa shape index (κ3) is 5.03. The molecule has 2 nitrogen and oxygen atoms in total. The van der Waals surface area contributed by atoms with Crippen LogP contribution in [-0.4, -0.2) is 9.97 Å². The number of pyridine rings is 2. The first-order valence-corrected chi connectivity index (χ1v) is 21.1. The Bertz CT molecular complexity index is 3990. The van der Waals surface area contributed by atoms with Crippen molar-refractivity contribution < 1.29 is 0 Å². The van der Waals surface area contributed by atoms with Gasteiger partial charge in [0.15, 0.2) is 0 Å². The van der Waals surface area contributed by atoms with Gasteiger partial charge in [-0.25, -0.2) is 4.98 Å². The minimum Gasteiger partial charge on any atom is -0.256 e. The van der Waals surface area contributed by atoms with Crippen LogP contribution in [0, 0.1) is 6.92 Å². The lowest BCUT2D eigenvalue weighted by atomic mass is 9.88. The summed E-state index contributed by atoms with van der Waals surface area (Å²) in [5.74, 6) is 0. The highest BCUT2D eigenvalue weighted by Gasteiger charge is 2.19. The molecule has 0 bridgehead atoms. The first kappa shape index (κ1) is 34.0. The lowest BCUT2D eigenvalue weighted by molar-refractivity contribution is 1.42. The van der Waals surface area contributed by atoms with Crippen LogP contribution in [0.1, 0.15) is 5.56 Å². The molecule has 2 aromatic heterocycles. The molecule has 61 heavy (non-hydrogen) atoms. The van der Waals surface area contributed by atoms with Gasteiger partial charge in [-0.05, 0) is 130 Å². The van der Waals surface area contributed by atoms with Gasteiger partial charge in [-0.1, -0.05) is 158 Å². The zero-order valence-electron chi connectivity index (χ0n) is 33.4. The topological polar surface area (TPSA) is 25.8 Å². The van der Waals surface area contributed by atoms with Gasteiger partial charge in [0.1, 0.15) is 0 Å². The van der Waals surface area contributed by atoms with Crippen molar-refractivity contribution in [3.63, 3.8) is 0 Å². The molecule has 282 valence electrons. The van der Waals surface area contributed by atoms with Crippen molar-refractivity contribution in [2.45, 2.75) is 6.92 Å². The lowest BCUT2D eigenvalue weighted by Crippen LogP contribution is -1.93. The maximum atomic E-state index is 5.45. The second-order valence-corrected chi connectivity index (χ2v) is 16.5. The Labute approximate surface area is 352 Å². The van der Waals surface area contributed by atoms with Crippen LogP contribution >= 0.6 is 0 Å². The molecule has 13 aromatic rings. The molecule has 0 atom stereocenters. The summed E-state index contributed by atoms with van der Waals surface area (Å²) in [6.45, 7) is 2.19. The summed E-state index contributed by atoms with van der Waals surface area (Å²) in [4.78, 5) is 10.3. The van der Waals surface area contributed by atoms with Crippen molar-refractivity contribution in [1.29, 1.82) is 0 Å². The minimum absolute atomic E-state index is 1.00. The third-order valence-electron chi connectivity index (χ3n) is 13.1. The van der Waals surface area contributed by atoms with Gasteiger partial charge in [0.05, 0.1) is 16.7 Å². The number of rotatable bonds is 3. The molecule has 0 N–H and O–H groups in total. The van der Waals surface area contributed by atoms with Crippen LogP contribution in [0.5, 0.6) is 0 Å². The third-order valence-corrected chi connectivity index (χ3v) is 13.1. The predicted octanol–water partition coefficient (Wildman–Crippen LogP) is 16.2. The Morgan fingerprint density at radius 1 is 0.328 bits per heavy atom. The molecule has 11 aromatic carbocycles. The van der Waals surface area contributed by atoms with Gasteiger partial charge in [-0.3, -0.25) is 4.98 Å². The Kier molecular flexibility index (Phi) is 7.26. The fourth-order valence-electron chi connectivity index (χ4n) is 10.4. The maximum Gasteiger partial charge on any atom is 0.0794 e. The van der Waals surface area contributed by atoms with Crippen LogP contribution in [0.25, 0.3) is 131 Å². The Hall–Kier alpha value is -7.94. The smallest absolute Gasteiger partial charge is 0.0794 e. The van der Waals surface area contributed by atoms with E-state index in [0.717, 1.165) is 27.7 Å². The van der Waals surface area contributed by atoms with Crippen molar-refractivity contribution in [2.75, 3.05) is 0 Å². The Morgan fingerprint density at radius 3 is 1.61 bits per heavy atom. The summed E-state index contributed by atoms with van der Waals surface area (Å²) in [6.07, 6.45) is 1.90. The van der Waals surface area contributed by atoms with E-state index in [9.17, 15) is 0 Å². The standard InChI is InChI=1S/C59H36N2/c1-35-13-10-24-49-51(34-40-16-12-30-60-58(40)55(35)49)38-27-29-46-45-28-26-37(32-52(45)43-19-2-3-20-44(43)53(46)33-38)36-14-11-15-39(31-36)59-57-48-22-7-5-18-42(48)41-17-4-6-21-47(41)56(57)50-23-8-9-25-54(50)61-59/h2-34H,1H3. The average molecular weight is 773 g/mol. The van der Waals surface area contributed by atoms with E-state index in [4.69, 9.17) is 9.97 Å². The largest absolute Gasteiger partial charge is 0.256 e. The highest BCUT2D eigenvalue weighted by atomic mass is 14.7. The predicted molar refractivity (Wildman–Crippen MR) is 261 cm³/mol. The first-order chi connectivity index (χ1) is 30.2. The van der Waals surface area contributed by atoms with E-state index in [-0.39, 0.29) is 0 Å². The number of fused-ring (bicyclic) bond motifs is 17. The van der Waals surface area contributed by atoms with Crippen LogP contribution in [0.4, 0.5) is 0 Å². The minimum atomic E-state index is 1.00. The molecule has 0 fully saturated rings. The fraction of sp³-hybridized carbons (Fsp3) is 0.0169. The van der Waals surface area contributed by atoms with E-state index in [1.54, 1.807) is 0 Å². The maximum absolute atomic E-state index is 5.45. The van der Waals surface area contributed by atoms with Crippen molar-refractivity contribution in [1.82, 2.24) is 9.97 Å². The number of nitrogens with zero attached hydrogens (tertiary/aromatic N) is 2. The van der Waals surface area contributed by atoms with E-state index < -0.39 is 0 Å². The van der Waals surface area contributed by atoms with Crippen molar-refractivity contribution >= 4 is 97.2 Å². The monoisotopic (exact) mass is 772 g/mol. The molecule has 0 amide bonds. The number of hydrogen-bond donors (Lipinski definition) is 0. The summed E-state index contributed by atoms with van der Waals surface area (Å²) in [5, 5.41) is 19.8. The van der Waals surface area contributed by atoms with Gasteiger partial charge >= 0.3 is 0 Å². The number of benzene rings is 11. The highest BCUT2D eigenvalue weighted by molar-refractivity contribution is 6.34. The quantitative estimate of drug-likeness (QED) is 0.167. The molecule has 0 aliphatic heterocycles. The molecule has 2 heterocycles. The zero-order valence-corrected chi connectivity index (χ0v) is 33.4. The second kappa shape index (κ2) is 13.0. The molecule has 0 radical (unpaired) electrons. The van der Waals surface area contributed by atoms with Crippen LogP contribution < -0.4 is 0 Å². The van der Waals surface area contributed by atoms with Gasteiger partial charge in [0.2, 0.25) is 0 Å². The number of para-hydroxylation sites is 1. The van der Waals surface area contributed by atoms with Crippen molar-refractivity contribution in [3.8, 4) is 33.5 Å². The zero-order chi connectivity index (χ0) is 40.2. The molecule has 0 saturated heterocycles. The molecule has 0 aliphatic rings. The van der Waals surface area contributed by atoms with Crippen LogP contribution in [0.2, 0.25) is 0 Å². The van der Waals surface area contributed by atoms with E-state index >= 15 is 0 Å². The van der Waals surface area contributed by atoms with Gasteiger partial charge in [-0.2, -0.15) is 0 Å².